The van der Waals surface area contributed by atoms with E-state index in [4.69, 9.17) is 11.6 Å². The lowest BCUT2D eigenvalue weighted by atomic mass is 9.94. The van der Waals surface area contributed by atoms with Crippen LogP contribution in [0.5, 0.6) is 0 Å². The van der Waals surface area contributed by atoms with Crippen LogP contribution < -0.4 is 9.62 Å². The summed E-state index contributed by atoms with van der Waals surface area (Å²) in [6.45, 7) is 3.34. The molecule has 3 aromatic rings. The van der Waals surface area contributed by atoms with Gasteiger partial charge in [-0.15, -0.1) is 0 Å². The zero-order valence-corrected chi connectivity index (χ0v) is 26.1. The first kappa shape index (κ1) is 31.6. The number of rotatable bonds is 11. The summed E-state index contributed by atoms with van der Waals surface area (Å²) in [4.78, 5) is 29.8. The van der Waals surface area contributed by atoms with Crippen molar-refractivity contribution in [2.75, 3.05) is 17.1 Å². The van der Waals surface area contributed by atoms with Crippen LogP contribution >= 0.6 is 11.6 Å². The highest BCUT2D eigenvalue weighted by Gasteiger charge is 2.34. The minimum absolute atomic E-state index is 0.0548. The maximum atomic E-state index is 14.3. The normalized spacial score (nSPS) is 14.7. The van der Waals surface area contributed by atoms with Gasteiger partial charge in [-0.3, -0.25) is 13.9 Å². The number of amides is 2. The monoisotopic (exact) mass is 609 g/mol. The van der Waals surface area contributed by atoms with Crippen molar-refractivity contribution in [1.29, 1.82) is 0 Å². The Labute approximate surface area is 254 Å². The molecule has 1 unspecified atom stereocenters. The van der Waals surface area contributed by atoms with Crippen molar-refractivity contribution >= 4 is 39.1 Å². The predicted molar refractivity (Wildman–Crippen MR) is 169 cm³/mol. The van der Waals surface area contributed by atoms with Gasteiger partial charge < -0.3 is 10.2 Å². The standard InChI is InChI=1S/C33H40ClN3O4S/c1-24-11-10-12-25(2)32(24)37(42(3,40)41)23-31(38)36(22-27-17-19-28(34)20-18-27)30(21-26-13-6-4-7-14-26)33(39)35-29-15-8-5-9-16-29/h4,6-7,10-14,17-20,29-30H,5,8-9,15-16,21-23H2,1-3H3,(H,35,39). The summed E-state index contributed by atoms with van der Waals surface area (Å²) in [7, 11) is -3.83. The molecule has 0 aliphatic heterocycles. The van der Waals surface area contributed by atoms with Gasteiger partial charge in [0.15, 0.2) is 0 Å². The molecule has 0 radical (unpaired) electrons. The lowest BCUT2D eigenvalue weighted by Crippen LogP contribution is -2.55. The molecule has 42 heavy (non-hydrogen) atoms. The van der Waals surface area contributed by atoms with Crippen LogP contribution in [0.3, 0.4) is 0 Å². The summed E-state index contributed by atoms with van der Waals surface area (Å²) in [5.74, 6) is -0.691. The fourth-order valence-electron chi connectivity index (χ4n) is 5.66. The van der Waals surface area contributed by atoms with Crippen LogP contribution in [0.15, 0.2) is 72.8 Å². The van der Waals surface area contributed by atoms with Gasteiger partial charge in [0.2, 0.25) is 21.8 Å². The van der Waals surface area contributed by atoms with Gasteiger partial charge in [0.1, 0.15) is 12.6 Å². The second-order valence-electron chi connectivity index (χ2n) is 11.2. The molecule has 9 heteroatoms. The van der Waals surface area contributed by atoms with Crippen molar-refractivity contribution in [3.05, 3.63) is 100 Å². The summed E-state index contributed by atoms with van der Waals surface area (Å²) < 4.78 is 27.4. The maximum absolute atomic E-state index is 14.3. The van der Waals surface area contributed by atoms with Crippen LogP contribution in [0.25, 0.3) is 0 Å². The molecule has 0 spiro atoms. The topological polar surface area (TPSA) is 86.8 Å². The van der Waals surface area contributed by atoms with Crippen LogP contribution in [-0.4, -0.2) is 50.0 Å². The van der Waals surface area contributed by atoms with E-state index < -0.39 is 28.5 Å². The van der Waals surface area contributed by atoms with Gasteiger partial charge in [-0.1, -0.05) is 91.5 Å². The van der Waals surface area contributed by atoms with E-state index in [2.05, 4.69) is 5.32 Å². The largest absolute Gasteiger partial charge is 0.352 e. The van der Waals surface area contributed by atoms with Crippen LogP contribution in [0, 0.1) is 13.8 Å². The van der Waals surface area contributed by atoms with Crippen molar-refractivity contribution in [2.45, 2.75) is 71.0 Å². The summed E-state index contributed by atoms with van der Waals surface area (Å²) in [6.07, 6.45) is 6.48. The molecular weight excluding hydrogens is 570 g/mol. The highest BCUT2D eigenvalue weighted by Crippen LogP contribution is 2.28. The lowest BCUT2D eigenvalue weighted by Gasteiger charge is -2.35. The van der Waals surface area contributed by atoms with Crippen LogP contribution in [0.2, 0.25) is 5.02 Å². The molecule has 3 aromatic carbocycles. The first-order chi connectivity index (χ1) is 20.0. The van der Waals surface area contributed by atoms with Gasteiger partial charge in [-0.2, -0.15) is 0 Å². The molecular formula is C33H40ClN3O4S. The Morgan fingerprint density at radius 3 is 2.10 bits per heavy atom. The van der Waals surface area contributed by atoms with Crippen molar-refractivity contribution in [3.63, 3.8) is 0 Å². The quantitative estimate of drug-likeness (QED) is 0.297. The van der Waals surface area contributed by atoms with Crippen molar-refractivity contribution in [1.82, 2.24) is 10.2 Å². The van der Waals surface area contributed by atoms with E-state index in [1.54, 1.807) is 12.1 Å². The molecule has 224 valence electrons. The zero-order chi connectivity index (χ0) is 30.3. The van der Waals surface area contributed by atoms with E-state index >= 15 is 0 Å². The summed E-state index contributed by atoms with van der Waals surface area (Å²) in [5, 5.41) is 3.78. The van der Waals surface area contributed by atoms with Crippen LogP contribution in [-0.2, 0) is 32.6 Å². The molecule has 1 atom stereocenters. The fourth-order valence-corrected chi connectivity index (χ4v) is 6.75. The number of para-hydroxylation sites is 1. The SMILES string of the molecule is Cc1cccc(C)c1N(CC(=O)N(Cc1ccc(Cl)cc1)C(Cc1ccccc1)C(=O)NC1CCCCC1)S(C)(=O)=O. The first-order valence-electron chi connectivity index (χ1n) is 14.4. The number of benzene rings is 3. The average molecular weight is 610 g/mol. The smallest absolute Gasteiger partial charge is 0.244 e. The number of hydrogen-bond acceptors (Lipinski definition) is 4. The number of aryl methyl sites for hydroxylation is 2. The molecule has 0 bridgehead atoms. The summed E-state index contributed by atoms with van der Waals surface area (Å²) in [5.41, 5.74) is 3.66. The molecule has 0 aromatic heterocycles. The number of hydrogen-bond donors (Lipinski definition) is 1. The van der Waals surface area contributed by atoms with Gasteiger partial charge in [-0.05, 0) is 61.1 Å². The Hall–Kier alpha value is -3.36. The molecule has 0 heterocycles. The fraction of sp³-hybridized carbons (Fsp3) is 0.394. The van der Waals surface area contributed by atoms with Crippen molar-refractivity contribution < 1.29 is 18.0 Å². The van der Waals surface area contributed by atoms with Gasteiger partial charge in [-0.25, -0.2) is 8.42 Å². The minimum Gasteiger partial charge on any atom is -0.352 e. The average Bonchev–Trinajstić information content (AvgIpc) is 2.95. The number of anilines is 1. The number of nitrogens with zero attached hydrogens (tertiary/aromatic N) is 2. The molecule has 1 aliphatic carbocycles. The number of nitrogens with one attached hydrogen (secondary N) is 1. The molecule has 0 saturated heterocycles. The van der Waals surface area contributed by atoms with E-state index in [9.17, 15) is 18.0 Å². The predicted octanol–water partition coefficient (Wildman–Crippen LogP) is 5.81. The zero-order valence-electron chi connectivity index (χ0n) is 24.6. The minimum atomic E-state index is -3.83. The Bertz CT molecular complexity index is 1450. The van der Waals surface area contributed by atoms with E-state index in [-0.39, 0.29) is 18.5 Å². The molecule has 2 amide bonds. The van der Waals surface area contributed by atoms with Crippen LogP contribution in [0.4, 0.5) is 5.69 Å². The highest BCUT2D eigenvalue weighted by atomic mass is 35.5. The molecule has 7 nitrogen and oxygen atoms in total. The second kappa shape index (κ2) is 14.2. The third-order valence-corrected chi connectivity index (χ3v) is 9.22. The summed E-state index contributed by atoms with van der Waals surface area (Å²) in [6, 6.07) is 21.4. The lowest BCUT2D eigenvalue weighted by molar-refractivity contribution is -0.140. The molecule has 1 fully saturated rings. The highest BCUT2D eigenvalue weighted by molar-refractivity contribution is 7.92. The van der Waals surface area contributed by atoms with E-state index in [0.29, 0.717) is 17.1 Å². The molecule has 1 saturated carbocycles. The number of sulfonamides is 1. The van der Waals surface area contributed by atoms with E-state index in [1.165, 1.54) is 4.90 Å². The number of halogens is 1. The van der Waals surface area contributed by atoms with Crippen molar-refractivity contribution in [3.8, 4) is 0 Å². The summed E-state index contributed by atoms with van der Waals surface area (Å²) >= 11 is 6.14. The second-order valence-corrected chi connectivity index (χ2v) is 13.6. The number of carbonyl (C=O) groups is 2. The molecule has 1 aliphatic rings. The Balaban J connectivity index is 1.74. The molecule has 1 N–H and O–H groups in total. The van der Waals surface area contributed by atoms with Gasteiger partial charge >= 0.3 is 0 Å². The first-order valence-corrected chi connectivity index (χ1v) is 16.7. The van der Waals surface area contributed by atoms with Gasteiger partial charge in [0.25, 0.3) is 0 Å². The third kappa shape index (κ3) is 8.35. The van der Waals surface area contributed by atoms with Crippen LogP contribution in [0.1, 0.15) is 54.4 Å². The molecule has 4 rings (SSSR count). The van der Waals surface area contributed by atoms with E-state index in [1.807, 2.05) is 74.5 Å². The third-order valence-electron chi connectivity index (χ3n) is 7.86. The Morgan fingerprint density at radius 1 is 0.881 bits per heavy atom. The Morgan fingerprint density at radius 2 is 1.50 bits per heavy atom. The van der Waals surface area contributed by atoms with Gasteiger partial charge in [0.05, 0.1) is 11.9 Å². The van der Waals surface area contributed by atoms with Gasteiger partial charge in [0, 0.05) is 24.0 Å². The van der Waals surface area contributed by atoms with E-state index in [0.717, 1.165) is 64.9 Å². The van der Waals surface area contributed by atoms with Crippen molar-refractivity contribution in [2.24, 2.45) is 0 Å². The Kier molecular flexibility index (Phi) is 10.7. The maximum Gasteiger partial charge on any atom is 0.244 e. The number of carbonyl (C=O) groups excluding carboxylic acids is 2.